The fourth-order valence-electron chi connectivity index (χ4n) is 6.48. The zero-order valence-corrected chi connectivity index (χ0v) is 30.8. The molecule has 1 heterocycles. The van der Waals surface area contributed by atoms with Crippen LogP contribution in [0.4, 0.5) is 0 Å². The van der Waals surface area contributed by atoms with Gasteiger partial charge in [-0.3, -0.25) is 9.59 Å². The van der Waals surface area contributed by atoms with Crippen molar-refractivity contribution >= 4 is 54.5 Å². The number of Topliss-reactive ketones (excluding diaryl/α,β-unsaturated/α-hetero) is 1. The Morgan fingerprint density at radius 3 is 2.15 bits per heavy atom. The number of sulfone groups is 1. The number of hydrogen-bond acceptors (Lipinski definition) is 7. The highest BCUT2D eigenvalue weighted by Gasteiger charge is 2.53. The lowest BCUT2D eigenvalue weighted by Gasteiger charge is -2.53. The molecule has 256 valence electrons. The minimum Gasteiger partial charge on any atom is -0.330 e. The van der Waals surface area contributed by atoms with E-state index in [4.69, 9.17) is 33.2 Å². The number of likely N-dealkylation sites (tertiary alicyclic amines) is 1. The summed E-state index contributed by atoms with van der Waals surface area (Å²) in [7, 11) is -7.20. The summed E-state index contributed by atoms with van der Waals surface area (Å²) in [5.41, 5.74) is 0.577. The Balaban J connectivity index is 1.85. The molecule has 12 heteroatoms. The molecule has 0 spiro atoms. The van der Waals surface area contributed by atoms with Gasteiger partial charge in [0.15, 0.2) is 9.84 Å². The smallest absolute Gasteiger partial charge is 0.229 e. The predicted molar refractivity (Wildman–Crippen MR) is 190 cm³/mol. The molecule has 1 fully saturated rings. The average molecular weight is 731 g/mol. The van der Waals surface area contributed by atoms with Crippen molar-refractivity contribution in [2.75, 3.05) is 11.5 Å². The van der Waals surface area contributed by atoms with E-state index in [1.807, 2.05) is 50.2 Å². The van der Waals surface area contributed by atoms with Crippen LogP contribution < -0.4 is 0 Å². The van der Waals surface area contributed by atoms with E-state index in [1.165, 1.54) is 24.3 Å². The highest BCUT2D eigenvalue weighted by Crippen LogP contribution is 2.52. The van der Waals surface area contributed by atoms with E-state index in [0.717, 1.165) is 11.1 Å². The summed E-state index contributed by atoms with van der Waals surface area (Å²) in [5, 5.41) is 9.44. The average Bonchev–Trinajstić information content (AvgIpc) is 3.01. The van der Waals surface area contributed by atoms with Crippen LogP contribution in [0.3, 0.4) is 0 Å². The maximum Gasteiger partial charge on any atom is 0.229 e. The fraction of sp³-hybridized carbons (Fsp3) is 0.417. The maximum atomic E-state index is 15.0. The Morgan fingerprint density at radius 1 is 0.979 bits per heavy atom. The second-order valence-electron chi connectivity index (χ2n) is 13.5. The quantitative estimate of drug-likeness (QED) is 0.202. The molecule has 1 saturated heterocycles. The van der Waals surface area contributed by atoms with Crippen molar-refractivity contribution < 1.29 is 22.2 Å². The molecule has 0 aromatic heterocycles. The Kier molecular flexibility index (Phi) is 11.5. The fourth-order valence-corrected chi connectivity index (χ4v) is 9.51. The second kappa shape index (κ2) is 14.7. The first-order valence-electron chi connectivity index (χ1n) is 15.7. The van der Waals surface area contributed by atoms with Crippen molar-refractivity contribution in [1.29, 1.82) is 10.0 Å². The summed E-state index contributed by atoms with van der Waals surface area (Å²) >= 11 is 12.8. The van der Waals surface area contributed by atoms with E-state index in [9.17, 15) is 22.2 Å². The van der Waals surface area contributed by atoms with Crippen LogP contribution in [-0.2, 0) is 29.2 Å². The van der Waals surface area contributed by atoms with Gasteiger partial charge in [0, 0.05) is 33.3 Å². The number of benzene rings is 3. The van der Waals surface area contributed by atoms with Crippen LogP contribution in [0.5, 0.6) is 0 Å². The van der Waals surface area contributed by atoms with Gasteiger partial charge in [0.05, 0.1) is 49.6 Å². The number of rotatable bonds is 12. The summed E-state index contributed by atoms with van der Waals surface area (Å²) in [5.74, 6) is -2.49. The van der Waals surface area contributed by atoms with E-state index in [1.54, 1.807) is 43.9 Å². The third-order valence-electron chi connectivity index (χ3n) is 9.15. The molecule has 0 aliphatic carbocycles. The monoisotopic (exact) mass is 729 g/mol. The molecular weight excluding hydrogens is 689 g/mol. The number of carbonyl (C=O) groups excluding carboxylic acids is 2. The van der Waals surface area contributed by atoms with Gasteiger partial charge in [-0.05, 0) is 85.8 Å². The largest absolute Gasteiger partial charge is 0.330 e. The zero-order chi connectivity index (χ0) is 35.6. The van der Waals surface area contributed by atoms with E-state index in [-0.39, 0.29) is 35.3 Å². The number of amides is 1. The number of nitrogens with zero attached hydrogens (tertiary/aromatic N) is 2. The Bertz CT molecular complexity index is 1920. The normalized spacial score (nSPS) is 21.9. The van der Waals surface area contributed by atoms with Crippen molar-refractivity contribution in [2.24, 2.45) is 11.3 Å². The van der Waals surface area contributed by atoms with E-state index in [0.29, 0.717) is 15.6 Å². The highest BCUT2D eigenvalue weighted by molar-refractivity contribution is 7.93. The van der Waals surface area contributed by atoms with Crippen molar-refractivity contribution in [2.45, 2.75) is 75.6 Å². The molecular formula is C36H41Cl2N3O5S2. The van der Waals surface area contributed by atoms with Crippen LogP contribution in [-0.4, -0.2) is 52.0 Å². The number of ketones is 1. The van der Waals surface area contributed by atoms with Gasteiger partial charge in [-0.25, -0.2) is 17.4 Å². The molecule has 48 heavy (non-hydrogen) atoms. The molecule has 1 N–H and O–H groups in total. The van der Waals surface area contributed by atoms with Crippen molar-refractivity contribution in [3.63, 3.8) is 0 Å². The van der Waals surface area contributed by atoms with Gasteiger partial charge in [-0.15, -0.1) is 0 Å². The summed E-state index contributed by atoms with van der Waals surface area (Å²) < 4.78 is 48.9. The van der Waals surface area contributed by atoms with Gasteiger partial charge >= 0.3 is 0 Å². The van der Waals surface area contributed by atoms with Gasteiger partial charge in [0.2, 0.25) is 5.91 Å². The van der Waals surface area contributed by atoms with Gasteiger partial charge in [-0.2, -0.15) is 5.26 Å². The number of halogens is 2. The Morgan fingerprint density at radius 2 is 1.60 bits per heavy atom. The predicted octanol–water partition coefficient (Wildman–Crippen LogP) is 7.84. The summed E-state index contributed by atoms with van der Waals surface area (Å²) in [6, 6.07) is 20.7. The summed E-state index contributed by atoms with van der Waals surface area (Å²) in [6.45, 7) is 8.68. The molecule has 1 aliphatic heterocycles. The van der Waals surface area contributed by atoms with Crippen LogP contribution in [0.2, 0.25) is 10.0 Å². The van der Waals surface area contributed by atoms with E-state index >= 15 is 0 Å². The molecule has 0 saturated carbocycles. The number of nitriles is 1. The van der Waals surface area contributed by atoms with E-state index < -0.39 is 59.8 Å². The molecule has 4 rings (SSSR count). The topological polar surface area (TPSA) is 136 Å². The molecule has 3 aromatic rings. The van der Waals surface area contributed by atoms with Gasteiger partial charge in [0.25, 0.3) is 0 Å². The number of piperidine rings is 1. The minimum absolute atomic E-state index is 0.120. The van der Waals surface area contributed by atoms with Gasteiger partial charge < -0.3 is 4.90 Å². The van der Waals surface area contributed by atoms with Crippen LogP contribution >= 0.6 is 23.2 Å². The second-order valence-corrected chi connectivity index (χ2v) is 19.1. The van der Waals surface area contributed by atoms with Crippen LogP contribution in [0, 0.1) is 27.4 Å². The first-order valence-corrected chi connectivity index (χ1v) is 19.9. The van der Waals surface area contributed by atoms with Gasteiger partial charge in [-0.1, -0.05) is 68.2 Å². The summed E-state index contributed by atoms with van der Waals surface area (Å²) in [6.07, 6.45) is -0.0971. The first-order chi connectivity index (χ1) is 22.4. The molecule has 5 atom stereocenters. The zero-order valence-electron chi connectivity index (χ0n) is 27.7. The van der Waals surface area contributed by atoms with Crippen LogP contribution in [0.25, 0.3) is 0 Å². The summed E-state index contributed by atoms with van der Waals surface area (Å²) in [4.78, 5) is 30.5. The maximum absolute atomic E-state index is 15.0. The minimum atomic E-state index is -3.62. The van der Waals surface area contributed by atoms with Crippen molar-refractivity contribution in [1.82, 2.24) is 4.90 Å². The molecule has 1 amide bonds. The highest BCUT2D eigenvalue weighted by atomic mass is 35.5. The van der Waals surface area contributed by atoms with Crippen LogP contribution in [0.15, 0.2) is 77.7 Å². The number of nitrogens with one attached hydrogen (secondary N) is 1. The molecule has 0 radical (unpaired) electrons. The van der Waals surface area contributed by atoms with Crippen molar-refractivity contribution in [3.05, 3.63) is 99.5 Å². The molecule has 0 bridgehead atoms. The lowest BCUT2D eigenvalue weighted by atomic mass is 9.66. The third-order valence-corrected chi connectivity index (χ3v) is 13.6. The lowest BCUT2D eigenvalue weighted by molar-refractivity contribution is -0.157. The lowest BCUT2D eigenvalue weighted by Crippen LogP contribution is -2.59. The SMILES string of the molecule is CC(C)[C@@H](CS(=O)(=O)C(C)C)N1C(=O)[C@@](C)(CC(=O)C[S@@](=N)(=O)c2ccc(C#N)cc2)C[C@H](c2cccc(Cl)c2)[C@H]1c1ccc(Cl)cc1. The molecule has 3 aromatic carbocycles. The number of hydrogen-bond donors (Lipinski definition) is 1. The van der Waals surface area contributed by atoms with Gasteiger partial charge in [0.1, 0.15) is 5.78 Å². The van der Waals surface area contributed by atoms with E-state index in [2.05, 4.69) is 0 Å². The first kappa shape index (κ1) is 37.6. The number of carbonyl (C=O) groups is 2. The Labute approximate surface area is 294 Å². The van der Waals surface area contributed by atoms with Crippen molar-refractivity contribution in [3.8, 4) is 6.07 Å². The van der Waals surface area contributed by atoms with Crippen LogP contribution in [0.1, 0.15) is 76.1 Å². The standard InChI is InChI=1S/C36H41Cl2N3O5S2/c1-23(2)33(22-48(45,46)24(3)4)41-34(26-11-13-28(37)14-12-26)32(27-7-6-8-29(38)17-27)19-36(5,35(41)43)18-30(42)21-47(40,44)31-15-9-25(20-39)10-16-31/h6-17,23-24,32-34,40H,18-19,21-22H2,1-5H3/t32-,33-,34-,36+,47-/m1/s1. The Hall–Kier alpha value is -3.23. The molecule has 0 unspecified atom stereocenters. The third kappa shape index (κ3) is 8.31. The molecule has 1 aliphatic rings. The molecule has 8 nitrogen and oxygen atoms in total.